The van der Waals surface area contributed by atoms with Gasteiger partial charge in [-0.3, -0.25) is 0 Å². The molecular formula is C15H13N3S. The molecule has 3 nitrogen and oxygen atoms in total. The summed E-state index contributed by atoms with van der Waals surface area (Å²) < 4.78 is 0. The van der Waals surface area contributed by atoms with Gasteiger partial charge in [0, 0.05) is 29.4 Å². The first-order valence-electron chi connectivity index (χ1n) is 6.05. The summed E-state index contributed by atoms with van der Waals surface area (Å²) in [5.74, 6) is 0.657. The van der Waals surface area contributed by atoms with E-state index in [0.717, 1.165) is 12.1 Å². The molecule has 94 valence electrons. The van der Waals surface area contributed by atoms with Crippen LogP contribution in [0.25, 0.3) is 10.4 Å². The minimum atomic E-state index is 0.657. The van der Waals surface area contributed by atoms with Crippen LogP contribution in [0.2, 0.25) is 0 Å². The van der Waals surface area contributed by atoms with E-state index in [2.05, 4.69) is 38.9 Å². The van der Waals surface area contributed by atoms with Gasteiger partial charge in [-0.1, -0.05) is 36.4 Å². The molecule has 3 rings (SSSR count). The van der Waals surface area contributed by atoms with Gasteiger partial charge in [0.2, 0.25) is 5.95 Å². The number of nitrogens with zero attached hydrogens (tertiary/aromatic N) is 2. The number of nitrogens with one attached hydrogen (secondary N) is 1. The second kappa shape index (κ2) is 5.63. The number of hydrogen-bond acceptors (Lipinski definition) is 4. The van der Waals surface area contributed by atoms with Crippen LogP contribution in [0.5, 0.6) is 0 Å². The first-order valence-corrected chi connectivity index (χ1v) is 6.93. The van der Waals surface area contributed by atoms with E-state index >= 15 is 0 Å². The van der Waals surface area contributed by atoms with Gasteiger partial charge in [0.05, 0.1) is 0 Å². The van der Waals surface area contributed by atoms with Gasteiger partial charge in [-0.2, -0.15) is 0 Å². The van der Waals surface area contributed by atoms with E-state index in [-0.39, 0.29) is 0 Å². The van der Waals surface area contributed by atoms with E-state index in [9.17, 15) is 0 Å². The fraction of sp³-hybridized carbons (Fsp3) is 0.0667. The highest BCUT2D eigenvalue weighted by atomic mass is 32.1. The van der Waals surface area contributed by atoms with Crippen molar-refractivity contribution in [2.75, 3.05) is 5.32 Å². The molecule has 4 heteroatoms. The number of benzene rings is 1. The van der Waals surface area contributed by atoms with Crippen molar-refractivity contribution in [2.45, 2.75) is 6.54 Å². The summed E-state index contributed by atoms with van der Waals surface area (Å²) in [6, 6.07) is 14.3. The lowest BCUT2D eigenvalue weighted by atomic mass is 10.2. The molecule has 1 aromatic carbocycles. The Kier molecular flexibility index (Phi) is 3.51. The molecule has 2 heterocycles. The topological polar surface area (TPSA) is 37.8 Å². The normalized spacial score (nSPS) is 10.3. The average Bonchev–Trinajstić information content (AvgIpc) is 3.01. The Hall–Kier alpha value is -2.20. The zero-order valence-corrected chi connectivity index (χ0v) is 11.1. The van der Waals surface area contributed by atoms with Gasteiger partial charge in [0.25, 0.3) is 0 Å². The smallest absolute Gasteiger partial charge is 0.222 e. The van der Waals surface area contributed by atoms with Crippen LogP contribution >= 0.6 is 11.3 Å². The molecular weight excluding hydrogens is 254 g/mol. The summed E-state index contributed by atoms with van der Waals surface area (Å²) in [5.41, 5.74) is 2.27. The van der Waals surface area contributed by atoms with Gasteiger partial charge in [0.15, 0.2) is 0 Å². The third kappa shape index (κ3) is 2.98. The molecule has 2 aromatic heterocycles. The number of thiophene rings is 1. The van der Waals surface area contributed by atoms with Crippen LogP contribution in [0.3, 0.4) is 0 Å². The highest BCUT2D eigenvalue weighted by Gasteiger charge is 2.01. The van der Waals surface area contributed by atoms with Crippen molar-refractivity contribution in [2.24, 2.45) is 0 Å². The van der Waals surface area contributed by atoms with E-state index in [0.29, 0.717) is 5.95 Å². The van der Waals surface area contributed by atoms with Gasteiger partial charge < -0.3 is 5.32 Å². The van der Waals surface area contributed by atoms with Crippen molar-refractivity contribution in [1.82, 2.24) is 9.97 Å². The van der Waals surface area contributed by atoms with E-state index in [1.54, 1.807) is 11.3 Å². The summed E-state index contributed by atoms with van der Waals surface area (Å²) in [7, 11) is 0. The van der Waals surface area contributed by atoms with Crippen molar-refractivity contribution >= 4 is 17.3 Å². The van der Waals surface area contributed by atoms with Crippen LogP contribution in [0.1, 0.15) is 5.56 Å². The van der Waals surface area contributed by atoms with Crippen molar-refractivity contribution < 1.29 is 0 Å². The van der Waals surface area contributed by atoms with Gasteiger partial charge in [-0.25, -0.2) is 9.97 Å². The van der Waals surface area contributed by atoms with Crippen molar-refractivity contribution in [3.05, 3.63) is 65.8 Å². The van der Waals surface area contributed by atoms with Crippen molar-refractivity contribution in [3.8, 4) is 10.4 Å². The molecule has 0 bridgehead atoms. The van der Waals surface area contributed by atoms with Gasteiger partial charge >= 0.3 is 0 Å². The standard InChI is InChI=1S/C15H13N3S/c1-2-5-12(6-3-1)9-16-15-17-10-13(11-18-15)14-7-4-8-19-14/h1-8,10-11H,9H2,(H,16,17,18). The fourth-order valence-electron chi connectivity index (χ4n) is 1.77. The lowest BCUT2D eigenvalue weighted by Crippen LogP contribution is -2.02. The molecule has 0 aliphatic heterocycles. The highest BCUT2D eigenvalue weighted by molar-refractivity contribution is 7.13. The SMILES string of the molecule is c1ccc(CNc2ncc(-c3cccs3)cn2)cc1. The molecule has 0 aliphatic carbocycles. The number of anilines is 1. The second-order valence-corrected chi connectivity index (χ2v) is 5.06. The number of aromatic nitrogens is 2. The minimum absolute atomic E-state index is 0.657. The van der Waals surface area contributed by atoms with E-state index < -0.39 is 0 Å². The van der Waals surface area contributed by atoms with Crippen molar-refractivity contribution in [1.29, 1.82) is 0 Å². The Morgan fingerprint density at radius 3 is 2.42 bits per heavy atom. The highest BCUT2D eigenvalue weighted by Crippen LogP contribution is 2.23. The predicted molar refractivity (Wildman–Crippen MR) is 79.1 cm³/mol. The third-order valence-electron chi connectivity index (χ3n) is 2.75. The molecule has 0 saturated heterocycles. The summed E-state index contributed by atoms with van der Waals surface area (Å²) in [5, 5.41) is 5.27. The van der Waals surface area contributed by atoms with E-state index in [4.69, 9.17) is 0 Å². The zero-order valence-electron chi connectivity index (χ0n) is 10.3. The Morgan fingerprint density at radius 2 is 1.74 bits per heavy atom. The van der Waals surface area contributed by atoms with E-state index in [1.165, 1.54) is 10.4 Å². The maximum Gasteiger partial charge on any atom is 0.222 e. The van der Waals surface area contributed by atoms with Crippen molar-refractivity contribution in [3.63, 3.8) is 0 Å². The molecule has 0 saturated carbocycles. The predicted octanol–water partition coefficient (Wildman–Crippen LogP) is 3.82. The minimum Gasteiger partial charge on any atom is -0.350 e. The third-order valence-corrected chi connectivity index (χ3v) is 3.67. The maximum atomic E-state index is 4.33. The molecule has 1 N–H and O–H groups in total. The molecule has 0 amide bonds. The van der Waals surface area contributed by atoms with Crippen LogP contribution in [0, 0.1) is 0 Å². The summed E-state index contributed by atoms with van der Waals surface area (Å²) >= 11 is 1.69. The first kappa shape index (κ1) is 11.9. The molecule has 0 fully saturated rings. The van der Waals surface area contributed by atoms with Crippen LogP contribution in [0.4, 0.5) is 5.95 Å². The Morgan fingerprint density at radius 1 is 0.947 bits per heavy atom. The molecule has 0 aliphatic rings. The molecule has 19 heavy (non-hydrogen) atoms. The fourth-order valence-corrected chi connectivity index (χ4v) is 2.47. The first-order chi connectivity index (χ1) is 9.42. The van der Waals surface area contributed by atoms with Crippen LogP contribution < -0.4 is 5.32 Å². The largest absolute Gasteiger partial charge is 0.350 e. The monoisotopic (exact) mass is 267 g/mol. The lowest BCUT2D eigenvalue weighted by Gasteiger charge is -2.05. The second-order valence-electron chi connectivity index (χ2n) is 4.11. The van der Waals surface area contributed by atoms with Gasteiger partial charge in [-0.15, -0.1) is 11.3 Å². The number of hydrogen-bond donors (Lipinski definition) is 1. The Labute approximate surface area is 116 Å². The van der Waals surface area contributed by atoms with Gasteiger partial charge in [-0.05, 0) is 17.0 Å². The maximum absolute atomic E-state index is 4.33. The quantitative estimate of drug-likeness (QED) is 0.781. The zero-order chi connectivity index (χ0) is 12.9. The van der Waals surface area contributed by atoms with Crippen LogP contribution in [0.15, 0.2) is 60.2 Å². The molecule has 0 radical (unpaired) electrons. The summed E-state index contributed by atoms with van der Waals surface area (Å²) in [4.78, 5) is 9.86. The lowest BCUT2D eigenvalue weighted by molar-refractivity contribution is 1.06. The summed E-state index contributed by atoms with van der Waals surface area (Å²) in [6.07, 6.45) is 3.71. The van der Waals surface area contributed by atoms with E-state index in [1.807, 2.05) is 36.7 Å². The summed E-state index contributed by atoms with van der Waals surface area (Å²) in [6.45, 7) is 0.735. The van der Waals surface area contributed by atoms with Crippen LogP contribution in [-0.2, 0) is 6.54 Å². The van der Waals surface area contributed by atoms with Crippen LogP contribution in [-0.4, -0.2) is 9.97 Å². The Bertz CT molecular complexity index is 618. The number of rotatable bonds is 4. The molecule has 0 spiro atoms. The Balaban J connectivity index is 1.67. The average molecular weight is 267 g/mol. The molecule has 0 atom stereocenters. The molecule has 3 aromatic rings. The van der Waals surface area contributed by atoms with Gasteiger partial charge in [0.1, 0.15) is 0 Å². The molecule has 0 unspecified atom stereocenters.